The second-order valence-electron chi connectivity index (χ2n) is 5.42. The van der Waals surface area contributed by atoms with Gasteiger partial charge in [-0.2, -0.15) is 0 Å². The molecule has 2 nitrogen and oxygen atoms in total. The predicted octanol–water partition coefficient (Wildman–Crippen LogP) is 4.66. The van der Waals surface area contributed by atoms with Crippen molar-refractivity contribution in [3.8, 4) is 0 Å². The van der Waals surface area contributed by atoms with Crippen LogP contribution in [0.25, 0.3) is 0 Å². The molecule has 0 aromatic heterocycles. The lowest BCUT2D eigenvalue weighted by molar-refractivity contribution is -0.141. The number of unbranched alkanes of at least 4 members (excludes halogenated alkanes) is 5. The van der Waals surface area contributed by atoms with Gasteiger partial charge in [0.1, 0.15) is 12.2 Å². The molecule has 0 radical (unpaired) electrons. The molecule has 0 bridgehead atoms. The summed E-state index contributed by atoms with van der Waals surface area (Å²) in [6.45, 7) is 6.11. The highest BCUT2D eigenvalue weighted by Gasteiger charge is 2.39. The summed E-state index contributed by atoms with van der Waals surface area (Å²) in [7, 11) is 0. The van der Waals surface area contributed by atoms with Gasteiger partial charge in [-0.15, -0.1) is 11.6 Å². The van der Waals surface area contributed by atoms with Gasteiger partial charge in [-0.3, -0.25) is 0 Å². The number of rotatable bonds is 8. The number of alkyl halides is 1. The Bertz CT molecular complexity index is 251. The molecule has 1 aliphatic rings. The normalized spacial score (nSPS) is 27.1. The highest BCUT2D eigenvalue weighted by Crippen LogP contribution is 2.29. The van der Waals surface area contributed by atoms with E-state index in [1.54, 1.807) is 0 Å². The molecule has 0 aromatic carbocycles. The Morgan fingerprint density at radius 3 is 2.50 bits per heavy atom. The fourth-order valence-corrected chi connectivity index (χ4v) is 2.48. The molecule has 0 N–H and O–H groups in total. The van der Waals surface area contributed by atoms with Gasteiger partial charge in [-0.1, -0.05) is 44.8 Å². The first-order chi connectivity index (χ1) is 8.59. The van der Waals surface area contributed by atoms with Gasteiger partial charge in [0.15, 0.2) is 5.79 Å². The van der Waals surface area contributed by atoms with Crippen LogP contribution in [-0.4, -0.2) is 23.9 Å². The molecular weight excluding hydrogens is 248 g/mol. The van der Waals surface area contributed by atoms with E-state index in [0.29, 0.717) is 5.88 Å². The molecular formula is C15H27ClO2. The number of hydrogen-bond donors (Lipinski definition) is 0. The molecule has 0 amide bonds. The van der Waals surface area contributed by atoms with E-state index in [1.165, 1.54) is 32.1 Å². The Balaban J connectivity index is 2.20. The van der Waals surface area contributed by atoms with Crippen LogP contribution >= 0.6 is 11.6 Å². The summed E-state index contributed by atoms with van der Waals surface area (Å²) in [4.78, 5) is 0. The van der Waals surface area contributed by atoms with Crippen LogP contribution in [0.1, 0.15) is 59.3 Å². The fourth-order valence-electron chi connectivity index (χ4n) is 2.24. The first-order valence-corrected chi connectivity index (χ1v) is 7.71. The topological polar surface area (TPSA) is 18.5 Å². The van der Waals surface area contributed by atoms with Crippen molar-refractivity contribution in [1.29, 1.82) is 0 Å². The van der Waals surface area contributed by atoms with Crippen LogP contribution in [0.15, 0.2) is 12.2 Å². The van der Waals surface area contributed by atoms with Crippen molar-refractivity contribution in [3.05, 3.63) is 12.2 Å². The number of ether oxygens (including phenoxy) is 2. The Hall–Kier alpha value is -0.0500. The van der Waals surface area contributed by atoms with Gasteiger partial charge in [0.2, 0.25) is 0 Å². The van der Waals surface area contributed by atoms with Crippen molar-refractivity contribution in [1.82, 2.24) is 0 Å². The Morgan fingerprint density at radius 1 is 1.11 bits per heavy atom. The second-order valence-corrected chi connectivity index (χ2v) is 5.73. The van der Waals surface area contributed by atoms with E-state index in [1.807, 2.05) is 13.8 Å². The molecule has 1 fully saturated rings. The van der Waals surface area contributed by atoms with Crippen LogP contribution in [0.3, 0.4) is 0 Å². The van der Waals surface area contributed by atoms with Gasteiger partial charge in [0.05, 0.1) is 5.88 Å². The molecule has 2 atom stereocenters. The fraction of sp³-hybridized carbons (Fsp3) is 0.867. The van der Waals surface area contributed by atoms with Gasteiger partial charge >= 0.3 is 0 Å². The van der Waals surface area contributed by atoms with Crippen molar-refractivity contribution in [2.45, 2.75) is 77.3 Å². The predicted molar refractivity (Wildman–Crippen MR) is 77.1 cm³/mol. The van der Waals surface area contributed by atoms with Crippen LogP contribution in [-0.2, 0) is 9.47 Å². The lowest BCUT2D eigenvalue weighted by Gasteiger charge is -2.15. The number of hydrogen-bond acceptors (Lipinski definition) is 2. The van der Waals surface area contributed by atoms with E-state index in [-0.39, 0.29) is 12.2 Å². The Kier molecular flexibility index (Phi) is 7.28. The van der Waals surface area contributed by atoms with Gasteiger partial charge < -0.3 is 9.47 Å². The smallest absolute Gasteiger partial charge is 0.164 e. The first kappa shape index (κ1) is 16.0. The minimum Gasteiger partial charge on any atom is -0.343 e. The Morgan fingerprint density at radius 2 is 1.83 bits per heavy atom. The van der Waals surface area contributed by atoms with Crippen LogP contribution in [0, 0.1) is 0 Å². The average Bonchev–Trinajstić information content (AvgIpc) is 2.63. The van der Waals surface area contributed by atoms with Gasteiger partial charge in [-0.25, -0.2) is 0 Å². The molecule has 18 heavy (non-hydrogen) atoms. The largest absolute Gasteiger partial charge is 0.343 e. The van der Waals surface area contributed by atoms with Crippen LogP contribution in [0.4, 0.5) is 0 Å². The monoisotopic (exact) mass is 274 g/mol. The van der Waals surface area contributed by atoms with Crippen LogP contribution < -0.4 is 0 Å². The molecule has 1 heterocycles. The maximum absolute atomic E-state index is 5.89. The SMILES string of the molecule is CCCCCCC/C=C\[C@@H]1OC(C)(C)O[C@H]1CCl. The van der Waals surface area contributed by atoms with Crippen LogP contribution in [0.5, 0.6) is 0 Å². The van der Waals surface area contributed by atoms with Crippen LogP contribution in [0.2, 0.25) is 0 Å². The molecule has 0 spiro atoms. The summed E-state index contributed by atoms with van der Waals surface area (Å²) < 4.78 is 11.5. The highest BCUT2D eigenvalue weighted by molar-refractivity contribution is 6.18. The van der Waals surface area contributed by atoms with Crippen molar-refractivity contribution in [2.24, 2.45) is 0 Å². The summed E-state index contributed by atoms with van der Waals surface area (Å²) >= 11 is 5.89. The lowest BCUT2D eigenvalue weighted by atomic mass is 10.1. The van der Waals surface area contributed by atoms with Crippen molar-refractivity contribution >= 4 is 11.6 Å². The maximum atomic E-state index is 5.89. The van der Waals surface area contributed by atoms with Gasteiger partial charge in [-0.05, 0) is 26.7 Å². The third-order valence-corrected chi connectivity index (χ3v) is 3.48. The van der Waals surface area contributed by atoms with Gasteiger partial charge in [0, 0.05) is 0 Å². The zero-order valence-corrected chi connectivity index (χ0v) is 12.7. The summed E-state index contributed by atoms with van der Waals surface area (Å²) in [5.41, 5.74) is 0. The molecule has 1 saturated heterocycles. The van der Waals surface area contributed by atoms with Crippen molar-refractivity contribution in [2.75, 3.05) is 5.88 Å². The lowest BCUT2D eigenvalue weighted by Crippen LogP contribution is -2.22. The van der Waals surface area contributed by atoms with E-state index in [4.69, 9.17) is 21.1 Å². The first-order valence-electron chi connectivity index (χ1n) is 7.17. The highest BCUT2D eigenvalue weighted by atomic mass is 35.5. The summed E-state index contributed by atoms with van der Waals surface area (Å²) in [6, 6.07) is 0. The quantitative estimate of drug-likeness (QED) is 0.364. The van der Waals surface area contributed by atoms with E-state index >= 15 is 0 Å². The van der Waals surface area contributed by atoms with E-state index < -0.39 is 5.79 Å². The summed E-state index contributed by atoms with van der Waals surface area (Å²) in [5.74, 6) is -0.0232. The third-order valence-electron chi connectivity index (χ3n) is 3.17. The standard InChI is InChI=1S/C15H27ClO2/c1-4-5-6-7-8-9-10-11-13-14(12-16)18-15(2,3)17-13/h10-11,13-14H,4-9,12H2,1-3H3/b11-10-/t13-,14-/m0/s1. The summed E-state index contributed by atoms with van der Waals surface area (Å²) in [5, 5.41) is 0. The molecule has 3 heteroatoms. The van der Waals surface area contributed by atoms with E-state index in [9.17, 15) is 0 Å². The zero-order chi connectivity index (χ0) is 13.4. The van der Waals surface area contributed by atoms with E-state index in [0.717, 1.165) is 6.42 Å². The number of allylic oxidation sites excluding steroid dienone is 1. The molecule has 0 saturated carbocycles. The summed E-state index contributed by atoms with van der Waals surface area (Å²) in [6.07, 6.45) is 12.0. The van der Waals surface area contributed by atoms with Gasteiger partial charge in [0.25, 0.3) is 0 Å². The van der Waals surface area contributed by atoms with Crippen molar-refractivity contribution < 1.29 is 9.47 Å². The average molecular weight is 275 g/mol. The minimum absolute atomic E-state index is 0.00754. The van der Waals surface area contributed by atoms with E-state index in [2.05, 4.69) is 19.1 Å². The second kappa shape index (κ2) is 8.19. The maximum Gasteiger partial charge on any atom is 0.164 e. The number of halogens is 1. The third kappa shape index (κ3) is 5.73. The molecule has 0 aromatic rings. The Labute approximate surface area is 117 Å². The molecule has 0 unspecified atom stereocenters. The zero-order valence-electron chi connectivity index (χ0n) is 12.0. The minimum atomic E-state index is -0.504. The molecule has 1 aliphatic heterocycles. The molecule has 0 aliphatic carbocycles. The molecule has 1 rings (SSSR count). The molecule has 106 valence electrons. The van der Waals surface area contributed by atoms with Crippen molar-refractivity contribution in [3.63, 3.8) is 0 Å².